The summed E-state index contributed by atoms with van der Waals surface area (Å²) in [5.41, 5.74) is 2.14. The molecule has 1 aromatic carbocycles. The zero-order valence-electron chi connectivity index (χ0n) is 15.9. The first-order valence-electron chi connectivity index (χ1n) is 8.71. The highest BCUT2D eigenvalue weighted by atomic mass is 16.2. The van der Waals surface area contributed by atoms with Crippen molar-refractivity contribution in [3.63, 3.8) is 0 Å². The molecule has 3 rings (SSSR count). The summed E-state index contributed by atoms with van der Waals surface area (Å²) in [6.45, 7) is 2.43. The Kier molecular flexibility index (Phi) is 5.73. The fraction of sp³-hybridized carbons (Fsp3) is 0.263. The van der Waals surface area contributed by atoms with Crippen molar-refractivity contribution in [1.82, 2.24) is 34.9 Å². The summed E-state index contributed by atoms with van der Waals surface area (Å²) in [6.07, 6.45) is 6.08. The second-order valence-corrected chi connectivity index (χ2v) is 6.56. The van der Waals surface area contributed by atoms with E-state index in [1.165, 1.54) is 17.4 Å². The van der Waals surface area contributed by atoms with Gasteiger partial charge in [-0.15, -0.1) is 0 Å². The zero-order chi connectivity index (χ0) is 20.1. The monoisotopic (exact) mass is 379 g/mol. The fourth-order valence-corrected chi connectivity index (χ4v) is 2.59. The molecule has 0 bridgehead atoms. The van der Waals surface area contributed by atoms with Crippen LogP contribution in [0.2, 0.25) is 0 Å². The molecule has 2 aromatic heterocycles. The SMILES string of the molecule is C[C@@H](Cn1cncn1)NC(=O)c1ccc(-c2cncc(C(=O)N(C)C)n2)cc1. The van der Waals surface area contributed by atoms with Crippen molar-refractivity contribution in [2.45, 2.75) is 19.5 Å². The summed E-state index contributed by atoms with van der Waals surface area (Å²) in [5.74, 6) is -0.395. The van der Waals surface area contributed by atoms with Gasteiger partial charge in [0.25, 0.3) is 11.8 Å². The van der Waals surface area contributed by atoms with Gasteiger partial charge in [-0.1, -0.05) is 12.1 Å². The second-order valence-electron chi connectivity index (χ2n) is 6.56. The highest BCUT2D eigenvalue weighted by molar-refractivity contribution is 5.95. The molecule has 3 aromatic rings. The second kappa shape index (κ2) is 8.38. The number of carbonyl (C=O) groups excluding carboxylic acids is 2. The lowest BCUT2D eigenvalue weighted by molar-refractivity contribution is 0.0821. The quantitative estimate of drug-likeness (QED) is 0.691. The van der Waals surface area contributed by atoms with E-state index in [1.807, 2.05) is 6.92 Å². The standard InChI is InChI=1S/C19H21N7O2/c1-13(10-26-12-21-11-22-26)23-18(27)15-6-4-14(5-7-15)16-8-20-9-17(24-16)19(28)25(2)3/h4-9,11-13H,10H2,1-3H3,(H,23,27)/t13-/m0/s1. The summed E-state index contributed by atoms with van der Waals surface area (Å²) >= 11 is 0. The van der Waals surface area contributed by atoms with Crippen LogP contribution in [0.4, 0.5) is 0 Å². The minimum atomic E-state index is -0.216. The number of hydrogen-bond acceptors (Lipinski definition) is 6. The molecule has 0 aliphatic carbocycles. The average Bonchev–Trinajstić information content (AvgIpc) is 3.20. The molecule has 2 heterocycles. The van der Waals surface area contributed by atoms with E-state index < -0.39 is 0 Å². The highest BCUT2D eigenvalue weighted by Crippen LogP contribution is 2.17. The zero-order valence-corrected chi connectivity index (χ0v) is 15.9. The van der Waals surface area contributed by atoms with Crippen LogP contribution in [-0.4, -0.2) is 61.6 Å². The predicted octanol–water partition coefficient (Wildman–Crippen LogP) is 1.26. The van der Waals surface area contributed by atoms with Gasteiger partial charge in [0.15, 0.2) is 0 Å². The molecule has 1 N–H and O–H groups in total. The van der Waals surface area contributed by atoms with E-state index in [2.05, 4.69) is 25.4 Å². The Balaban J connectivity index is 1.68. The maximum absolute atomic E-state index is 12.4. The van der Waals surface area contributed by atoms with Gasteiger partial charge >= 0.3 is 0 Å². The molecule has 0 aliphatic rings. The molecule has 1 atom stereocenters. The van der Waals surface area contributed by atoms with E-state index in [-0.39, 0.29) is 23.6 Å². The third kappa shape index (κ3) is 4.56. The third-order valence-electron chi connectivity index (χ3n) is 4.01. The molecule has 28 heavy (non-hydrogen) atoms. The van der Waals surface area contributed by atoms with Crippen molar-refractivity contribution in [2.75, 3.05) is 14.1 Å². The van der Waals surface area contributed by atoms with Gasteiger partial charge in [0.1, 0.15) is 18.3 Å². The van der Waals surface area contributed by atoms with Crippen molar-refractivity contribution in [3.05, 3.63) is 60.6 Å². The smallest absolute Gasteiger partial charge is 0.273 e. The number of nitrogens with one attached hydrogen (secondary N) is 1. The Morgan fingerprint density at radius 3 is 2.54 bits per heavy atom. The van der Waals surface area contributed by atoms with E-state index in [0.717, 1.165) is 5.56 Å². The van der Waals surface area contributed by atoms with Crippen LogP contribution in [0, 0.1) is 0 Å². The third-order valence-corrected chi connectivity index (χ3v) is 4.01. The van der Waals surface area contributed by atoms with Crippen molar-refractivity contribution in [3.8, 4) is 11.3 Å². The maximum atomic E-state index is 12.4. The number of rotatable bonds is 6. The predicted molar refractivity (Wildman–Crippen MR) is 102 cm³/mol. The van der Waals surface area contributed by atoms with Gasteiger partial charge in [-0.05, 0) is 19.1 Å². The normalized spacial score (nSPS) is 11.7. The van der Waals surface area contributed by atoms with Crippen LogP contribution in [0.3, 0.4) is 0 Å². The van der Waals surface area contributed by atoms with Crippen molar-refractivity contribution in [2.24, 2.45) is 0 Å². The molecule has 2 amide bonds. The lowest BCUT2D eigenvalue weighted by Crippen LogP contribution is -2.35. The summed E-state index contributed by atoms with van der Waals surface area (Å²) < 4.78 is 1.66. The molecular formula is C19H21N7O2. The number of hydrogen-bond donors (Lipinski definition) is 1. The Morgan fingerprint density at radius 2 is 1.89 bits per heavy atom. The molecule has 9 nitrogen and oxygen atoms in total. The number of aromatic nitrogens is 5. The van der Waals surface area contributed by atoms with Crippen LogP contribution in [-0.2, 0) is 6.54 Å². The van der Waals surface area contributed by atoms with Crippen LogP contribution in [0.1, 0.15) is 27.8 Å². The van der Waals surface area contributed by atoms with Crippen molar-refractivity contribution in [1.29, 1.82) is 0 Å². The van der Waals surface area contributed by atoms with Gasteiger partial charge in [0.2, 0.25) is 0 Å². The van der Waals surface area contributed by atoms with Crippen LogP contribution in [0.5, 0.6) is 0 Å². The first-order valence-corrected chi connectivity index (χ1v) is 8.71. The molecule has 0 aliphatic heterocycles. The lowest BCUT2D eigenvalue weighted by Gasteiger charge is -2.14. The molecule has 0 spiro atoms. The molecule has 0 unspecified atom stereocenters. The lowest BCUT2D eigenvalue weighted by atomic mass is 10.1. The highest BCUT2D eigenvalue weighted by Gasteiger charge is 2.13. The first kappa shape index (κ1) is 19.2. The van der Waals surface area contributed by atoms with Gasteiger partial charge in [0, 0.05) is 31.3 Å². The summed E-state index contributed by atoms with van der Waals surface area (Å²) in [5, 5.41) is 6.95. The summed E-state index contributed by atoms with van der Waals surface area (Å²) in [6, 6.07) is 6.90. The number of benzene rings is 1. The van der Waals surface area contributed by atoms with Crippen molar-refractivity contribution < 1.29 is 9.59 Å². The molecule has 0 saturated carbocycles. The number of nitrogens with zero attached hydrogens (tertiary/aromatic N) is 6. The molecule has 0 saturated heterocycles. The van der Waals surface area contributed by atoms with Crippen LogP contribution in [0.15, 0.2) is 49.3 Å². The van der Waals surface area contributed by atoms with E-state index in [1.54, 1.807) is 55.6 Å². The van der Waals surface area contributed by atoms with E-state index in [0.29, 0.717) is 17.8 Å². The van der Waals surface area contributed by atoms with Gasteiger partial charge in [-0.3, -0.25) is 19.3 Å². The minimum Gasteiger partial charge on any atom is -0.348 e. The molecule has 9 heteroatoms. The summed E-state index contributed by atoms with van der Waals surface area (Å²) in [4.78, 5) is 38.2. The van der Waals surface area contributed by atoms with Crippen LogP contribution >= 0.6 is 0 Å². The molecule has 0 radical (unpaired) electrons. The van der Waals surface area contributed by atoms with E-state index in [9.17, 15) is 9.59 Å². The minimum absolute atomic E-state index is 0.103. The maximum Gasteiger partial charge on any atom is 0.273 e. The topological polar surface area (TPSA) is 106 Å². The first-order chi connectivity index (χ1) is 13.4. The largest absolute Gasteiger partial charge is 0.348 e. The number of carbonyl (C=O) groups is 2. The van der Waals surface area contributed by atoms with Gasteiger partial charge < -0.3 is 10.2 Å². The summed E-state index contributed by atoms with van der Waals surface area (Å²) in [7, 11) is 3.32. The Morgan fingerprint density at radius 1 is 1.14 bits per heavy atom. The fourth-order valence-electron chi connectivity index (χ4n) is 2.59. The molecular weight excluding hydrogens is 358 g/mol. The van der Waals surface area contributed by atoms with Crippen LogP contribution < -0.4 is 5.32 Å². The molecule has 0 fully saturated rings. The molecule has 144 valence electrons. The van der Waals surface area contributed by atoms with Gasteiger partial charge in [0.05, 0.1) is 24.6 Å². The van der Waals surface area contributed by atoms with E-state index in [4.69, 9.17) is 0 Å². The van der Waals surface area contributed by atoms with Crippen molar-refractivity contribution >= 4 is 11.8 Å². The Labute approximate surface area is 162 Å². The Hall–Kier alpha value is -3.62. The number of amides is 2. The van der Waals surface area contributed by atoms with Crippen LogP contribution in [0.25, 0.3) is 11.3 Å². The average molecular weight is 379 g/mol. The van der Waals surface area contributed by atoms with E-state index >= 15 is 0 Å². The Bertz CT molecular complexity index is 953. The van der Waals surface area contributed by atoms with Gasteiger partial charge in [-0.2, -0.15) is 5.10 Å². The van der Waals surface area contributed by atoms with Gasteiger partial charge in [-0.25, -0.2) is 9.97 Å².